The van der Waals surface area contributed by atoms with Crippen LogP contribution in [-0.4, -0.2) is 44.9 Å². The third-order valence-electron chi connectivity index (χ3n) is 5.90. The van der Waals surface area contributed by atoms with Crippen LogP contribution in [0.4, 0.5) is 5.69 Å². The number of hydrogen-bond donors (Lipinski definition) is 2. The fraction of sp³-hybridized carbons (Fsp3) is 0.444. The molecule has 1 atom stereocenters. The molecule has 1 amide bonds. The van der Waals surface area contributed by atoms with Gasteiger partial charge in [-0.25, -0.2) is 0 Å². The molecule has 0 radical (unpaired) electrons. The van der Waals surface area contributed by atoms with Gasteiger partial charge in [-0.2, -0.15) is 0 Å². The number of carboxylic acid groups (broad SMARTS) is 1. The zero-order valence-corrected chi connectivity index (χ0v) is 14.1. The summed E-state index contributed by atoms with van der Waals surface area (Å²) in [5.74, 6) is -1.01. The number of piperidine rings is 1. The molecule has 1 unspecified atom stereocenters. The summed E-state index contributed by atoms with van der Waals surface area (Å²) in [5.41, 5.74) is 1.39. The van der Waals surface area contributed by atoms with Crippen molar-refractivity contribution in [1.29, 1.82) is 0 Å². The lowest BCUT2D eigenvalue weighted by Gasteiger charge is -2.32. The van der Waals surface area contributed by atoms with Gasteiger partial charge in [0.05, 0.1) is 17.3 Å². The minimum atomic E-state index is -0.731. The summed E-state index contributed by atoms with van der Waals surface area (Å²) in [6, 6.07) is 4.57. The van der Waals surface area contributed by atoms with Crippen LogP contribution in [-0.2, 0) is 16.0 Å². The van der Waals surface area contributed by atoms with Gasteiger partial charge in [-0.1, -0.05) is 0 Å². The molecule has 2 fully saturated rings. The number of aromatic nitrogens is 1. The smallest absolute Gasteiger partial charge is 0.307 e. The number of aliphatic carboxylic acids is 1. The van der Waals surface area contributed by atoms with Crippen LogP contribution in [0.15, 0.2) is 24.4 Å². The summed E-state index contributed by atoms with van der Waals surface area (Å²) in [5, 5.41) is 20.8. The van der Waals surface area contributed by atoms with E-state index in [1.54, 1.807) is 17.2 Å². The Morgan fingerprint density at radius 2 is 2.08 bits per heavy atom. The first-order chi connectivity index (χ1) is 12.4. The van der Waals surface area contributed by atoms with Crippen molar-refractivity contribution in [2.75, 3.05) is 13.1 Å². The van der Waals surface area contributed by atoms with Crippen LogP contribution in [0.3, 0.4) is 0 Å². The third kappa shape index (κ3) is 2.71. The van der Waals surface area contributed by atoms with Crippen molar-refractivity contribution in [3.63, 3.8) is 0 Å². The van der Waals surface area contributed by atoms with Gasteiger partial charge in [0.25, 0.3) is 5.69 Å². The number of carboxylic acids is 1. The number of benzene rings is 1. The van der Waals surface area contributed by atoms with Crippen molar-refractivity contribution in [2.45, 2.75) is 25.7 Å². The number of likely N-dealkylation sites (tertiary alicyclic amines) is 1. The van der Waals surface area contributed by atoms with E-state index in [4.69, 9.17) is 5.11 Å². The van der Waals surface area contributed by atoms with Crippen molar-refractivity contribution in [2.24, 2.45) is 11.3 Å². The van der Waals surface area contributed by atoms with Crippen LogP contribution in [0.1, 0.15) is 24.8 Å². The number of amides is 1. The predicted octanol–water partition coefficient (Wildman–Crippen LogP) is 2.33. The lowest BCUT2D eigenvalue weighted by molar-refractivity contribution is -0.384. The number of nitro groups is 1. The molecule has 1 aliphatic carbocycles. The summed E-state index contributed by atoms with van der Waals surface area (Å²) in [6.07, 6.45) is 4.08. The second-order valence-electron chi connectivity index (χ2n) is 7.32. The monoisotopic (exact) mass is 357 g/mol. The molecule has 136 valence electrons. The second-order valence-corrected chi connectivity index (χ2v) is 7.32. The fourth-order valence-corrected chi connectivity index (χ4v) is 4.15. The molecular formula is C18H19N3O5. The number of hydrogen-bond acceptors (Lipinski definition) is 4. The molecular weight excluding hydrogens is 338 g/mol. The largest absolute Gasteiger partial charge is 0.481 e. The van der Waals surface area contributed by atoms with Gasteiger partial charge < -0.3 is 15.0 Å². The standard InChI is InChI=1S/C18H19N3O5/c22-16(20-5-3-18(4-6-20)9-14(18)17(23)24)7-11-10-19-15-2-1-12(21(25)26)8-13(11)15/h1-2,8,10,14,19H,3-7,9H2,(H,23,24). The van der Waals surface area contributed by atoms with Crippen molar-refractivity contribution >= 4 is 28.5 Å². The van der Waals surface area contributed by atoms with E-state index < -0.39 is 10.9 Å². The Balaban J connectivity index is 1.44. The number of nitrogens with one attached hydrogen (secondary N) is 1. The summed E-state index contributed by atoms with van der Waals surface area (Å²) in [7, 11) is 0. The van der Waals surface area contributed by atoms with Crippen molar-refractivity contribution in [3.05, 3.63) is 40.1 Å². The molecule has 8 nitrogen and oxygen atoms in total. The molecule has 8 heteroatoms. The van der Waals surface area contributed by atoms with E-state index in [0.29, 0.717) is 18.5 Å². The second kappa shape index (κ2) is 5.82. The summed E-state index contributed by atoms with van der Waals surface area (Å²) < 4.78 is 0. The number of nitro benzene ring substituents is 1. The molecule has 0 bridgehead atoms. The number of rotatable bonds is 4. The van der Waals surface area contributed by atoms with Crippen LogP contribution in [0.2, 0.25) is 0 Å². The Morgan fingerprint density at radius 1 is 1.35 bits per heavy atom. The summed E-state index contributed by atoms with van der Waals surface area (Å²) in [6.45, 7) is 1.15. The lowest BCUT2D eigenvalue weighted by atomic mass is 9.90. The average Bonchev–Trinajstić information content (AvgIpc) is 3.18. The number of aromatic amines is 1. The normalized spacial score (nSPS) is 21.1. The maximum absolute atomic E-state index is 12.6. The molecule has 1 aliphatic heterocycles. The van der Waals surface area contributed by atoms with E-state index in [1.165, 1.54) is 12.1 Å². The minimum Gasteiger partial charge on any atom is -0.481 e. The van der Waals surface area contributed by atoms with Gasteiger partial charge in [-0.15, -0.1) is 0 Å². The Labute approximate surface area is 148 Å². The van der Waals surface area contributed by atoms with Gasteiger partial charge in [0.1, 0.15) is 0 Å². The quantitative estimate of drug-likeness (QED) is 0.643. The molecule has 1 aromatic heterocycles. The van der Waals surface area contributed by atoms with Gasteiger partial charge in [0.2, 0.25) is 5.91 Å². The van der Waals surface area contributed by atoms with Gasteiger partial charge in [0, 0.05) is 42.3 Å². The topological polar surface area (TPSA) is 117 Å². The highest BCUT2D eigenvalue weighted by Crippen LogP contribution is 2.59. The van der Waals surface area contributed by atoms with Crippen molar-refractivity contribution in [3.8, 4) is 0 Å². The van der Waals surface area contributed by atoms with Gasteiger partial charge in [-0.3, -0.25) is 19.7 Å². The van der Waals surface area contributed by atoms with E-state index in [1.807, 2.05) is 0 Å². The number of carbonyl (C=O) groups is 2. The summed E-state index contributed by atoms with van der Waals surface area (Å²) in [4.78, 5) is 39.1. The SMILES string of the molecule is O=C(O)C1CC12CCN(C(=O)Cc1c[nH]c3ccc([N+](=O)[O-])cc13)CC2. The fourth-order valence-electron chi connectivity index (χ4n) is 4.15. The maximum Gasteiger partial charge on any atom is 0.307 e. The van der Waals surface area contributed by atoms with E-state index in [0.717, 1.165) is 30.3 Å². The minimum absolute atomic E-state index is 0.000779. The Kier molecular flexibility index (Phi) is 3.71. The molecule has 26 heavy (non-hydrogen) atoms. The first-order valence-corrected chi connectivity index (χ1v) is 8.65. The molecule has 1 saturated carbocycles. The average molecular weight is 357 g/mol. The summed E-state index contributed by atoms with van der Waals surface area (Å²) >= 11 is 0. The van der Waals surface area contributed by atoms with E-state index in [-0.39, 0.29) is 29.3 Å². The predicted molar refractivity (Wildman–Crippen MR) is 92.6 cm³/mol. The number of fused-ring (bicyclic) bond motifs is 1. The van der Waals surface area contributed by atoms with Crippen molar-refractivity contribution < 1.29 is 19.6 Å². The van der Waals surface area contributed by atoms with Crippen molar-refractivity contribution in [1.82, 2.24) is 9.88 Å². The first-order valence-electron chi connectivity index (χ1n) is 8.65. The zero-order valence-electron chi connectivity index (χ0n) is 14.1. The number of carbonyl (C=O) groups excluding carboxylic acids is 1. The highest BCUT2D eigenvalue weighted by atomic mass is 16.6. The molecule has 2 aliphatic rings. The van der Waals surface area contributed by atoms with Crippen LogP contribution < -0.4 is 0 Å². The van der Waals surface area contributed by atoms with Gasteiger partial charge >= 0.3 is 5.97 Å². The zero-order chi connectivity index (χ0) is 18.5. The molecule has 1 spiro atoms. The molecule has 2 N–H and O–H groups in total. The maximum atomic E-state index is 12.6. The Bertz CT molecular complexity index is 911. The van der Waals surface area contributed by atoms with E-state index in [2.05, 4.69) is 4.98 Å². The van der Waals surface area contributed by atoms with Gasteiger partial charge in [-0.05, 0) is 36.3 Å². The van der Waals surface area contributed by atoms with E-state index in [9.17, 15) is 19.7 Å². The molecule has 4 rings (SSSR count). The van der Waals surface area contributed by atoms with Crippen LogP contribution in [0.5, 0.6) is 0 Å². The van der Waals surface area contributed by atoms with Crippen LogP contribution >= 0.6 is 0 Å². The van der Waals surface area contributed by atoms with Gasteiger partial charge in [0.15, 0.2) is 0 Å². The highest BCUT2D eigenvalue weighted by molar-refractivity contribution is 5.90. The molecule has 2 heterocycles. The van der Waals surface area contributed by atoms with Crippen LogP contribution in [0, 0.1) is 21.4 Å². The lowest BCUT2D eigenvalue weighted by Crippen LogP contribution is -2.40. The van der Waals surface area contributed by atoms with Crippen LogP contribution in [0.25, 0.3) is 10.9 Å². The van der Waals surface area contributed by atoms with E-state index >= 15 is 0 Å². The number of nitrogens with zero attached hydrogens (tertiary/aromatic N) is 2. The Hall–Kier alpha value is -2.90. The number of H-pyrrole nitrogens is 1. The molecule has 1 aromatic carbocycles. The number of non-ortho nitro benzene ring substituents is 1. The third-order valence-corrected chi connectivity index (χ3v) is 5.90. The Morgan fingerprint density at radius 3 is 2.69 bits per heavy atom. The highest BCUT2D eigenvalue weighted by Gasteiger charge is 2.59. The molecule has 2 aromatic rings. The first kappa shape index (κ1) is 16.6. The molecule has 1 saturated heterocycles.